The summed E-state index contributed by atoms with van der Waals surface area (Å²) in [5.74, 6) is 1.67. The molecule has 2 saturated heterocycles. The summed E-state index contributed by atoms with van der Waals surface area (Å²) in [6.07, 6.45) is 3.97. The topological polar surface area (TPSA) is 24.5 Å². The smallest absolute Gasteiger partial charge is 0.0510 e. The summed E-state index contributed by atoms with van der Waals surface area (Å²) >= 11 is 0. The van der Waals surface area contributed by atoms with E-state index in [-0.39, 0.29) is 0 Å². The van der Waals surface area contributed by atoms with Crippen molar-refractivity contribution in [3.63, 3.8) is 0 Å². The van der Waals surface area contributed by atoms with Crippen LogP contribution in [0, 0.1) is 11.8 Å². The fourth-order valence-corrected chi connectivity index (χ4v) is 3.04. The zero-order valence-corrected chi connectivity index (χ0v) is 10.7. The number of nitrogens with zero attached hydrogens (tertiary/aromatic N) is 1. The van der Waals surface area contributed by atoms with Crippen LogP contribution in [0.15, 0.2) is 0 Å². The SMILES string of the molecule is CCC1CCN(CC(NC)C2CCOC2)C1. The molecule has 0 bridgehead atoms. The lowest BCUT2D eigenvalue weighted by molar-refractivity contribution is 0.167. The Hall–Kier alpha value is -0.120. The molecule has 2 heterocycles. The first-order chi connectivity index (χ1) is 7.83. The van der Waals surface area contributed by atoms with E-state index < -0.39 is 0 Å². The van der Waals surface area contributed by atoms with Crippen LogP contribution in [-0.4, -0.2) is 50.8 Å². The predicted molar refractivity (Wildman–Crippen MR) is 66.6 cm³/mol. The van der Waals surface area contributed by atoms with Crippen LogP contribution in [0.2, 0.25) is 0 Å². The van der Waals surface area contributed by atoms with E-state index in [4.69, 9.17) is 4.74 Å². The van der Waals surface area contributed by atoms with Gasteiger partial charge in [-0.05, 0) is 32.4 Å². The Balaban J connectivity index is 1.78. The second-order valence-electron chi connectivity index (χ2n) is 5.34. The lowest BCUT2D eigenvalue weighted by Gasteiger charge is -2.27. The summed E-state index contributed by atoms with van der Waals surface area (Å²) in [5, 5.41) is 3.48. The third-order valence-electron chi connectivity index (χ3n) is 4.31. The summed E-state index contributed by atoms with van der Waals surface area (Å²) in [4.78, 5) is 2.63. The van der Waals surface area contributed by atoms with E-state index >= 15 is 0 Å². The maximum atomic E-state index is 5.49. The van der Waals surface area contributed by atoms with Crippen molar-refractivity contribution in [3.05, 3.63) is 0 Å². The van der Waals surface area contributed by atoms with Crippen LogP contribution in [0.5, 0.6) is 0 Å². The fraction of sp³-hybridized carbons (Fsp3) is 1.00. The molecule has 3 heteroatoms. The van der Waals surface area contributed by atoms with Crippen LogP contribution < -0.4 is 5.32 Å². The van der Waals surface area contributed by atoms with Gasteiger partial charge in [-0.1, -0.05) is 13.3 Å². The molecule has 2 aliphatic heterocycles. The molecule has 0 aromatic rings. The zero-order chi connectivity index (χ0) is 11.4. The van der Waals surface area contributed by atoms with Crippen LogP contribution in [0.25, 0.3) is 0 Å². The first-order valence-corrected chi connectivity index (χ1v) is 6.80. The normalized spacial score (nSPS) is 33.4. The molecule has 3 nitrogen and oxygen atoms in total. The van der Waals surface area contributed by atoms with Crippen molar-refractivity contribution in [3.8, 4) is 0 Å². The molecule has 2 aliphatic rings. The highest BCUT2D eigenvalue weighted by atomic mass is 16.5. The molecule has 0 aliphatic carbocycles. The average molecular weight is 226 g/mol. The van der Waals surface area contributed by atoms with Gasteiger partial charge in [0.05, 0.1) is 6.61 Å². The maximum Gasteiger partial charge on any atom is 0.0510 e. The van der Waals surface area contributed by atoms with Crippen LogP contribution in [0.1, 0.15) is 26.2 Å². The number of likely N-dealkylation sites (tertiary alicyclic amines) is 1. The Bertz CT molecular complexity index is 204. The Morgan fingerprint density at radius 1 is 1.44 bits per heavy atom. The number of rotatable bonds is 5. The monoisotopic (exact) mass is 226 g/mol. The van der Waals surface area contributed by atoms with E-state index in [1.165, 1.54) is 38.9 Å². The standard InChI is InChI=1S/C13H26N2O/c1-3-11-4-6-15(8-11)9-13(14-2)12-5-7-16-10-12/h11-14H,3-10H2,1-2H3. The van der Waals surface area contributed by atoms with Gasteiger partial charge >= 0.3 is 0 Å². The van der Waals surface area contributed by atoms with Crippen molar-refractivity contribution < 1.29 is 4.74 Å². The Kier molecular flexibility index (Phi) is 4.62. The van der Waals surface area contributed by atoms with E-state index in [2.05, 4.69) is 24.2 Å². The number of ether oxygens (including phenoxy) is 1. The molecule has 0 aromatic heterocycles. The first kappa shape index (κ1) is 12.3. The van der Waals surface area contributed by atoms with Crippen molar-refractivity contribution in [2.75, 3.05) is 39.9 Å². The molecule has 0 amide bonds. The van der Waals surface area contributed by atoms with Crippen molar-refractivity contribution in [2.24, 2.45) is 11.8 Å². The lowest BCUT2D eigenvalue weighted by Crippen LogP contribution is -2.43. The van der Waals surface area contributed by atoms with Crippen molar-refractivity contribution in [1.29, 1.82) is 0 Å². The van der Waals surface area contributed by atoms with Gasteiger partial charge in [-0.15, -0.1) is 0 Å². The third-order valence-corrected chi connectivity index (χ3v) is 4.31. The maximum absolute atomic E-state index is 5.49. The van der Waals surface area contributed by atoms with E-state index in [1.54, 1.807) is 0 Å². The predicted octanol–water partition coefficient (Wildman–Crippen LogP) is 1.34. The minimum Gasteiger partial charge on any atom is -0.381 e. The molecule has 1 N–H and O–H groups in total. The molecule has 2 rings (SSSR count). The minimum atomic E-state index is 0.623. The average Bonchev–Trinajstić information content (AvgIpc) is 2.96. The summed E-state index contributed by atoms with van der Waals surface area (Å²) in [7, 11) is 2.09. The second-order valence-corrected chi connectivity index (χ2v) is 5.34. The molecule has 0 saturated carbocycles. The van der Waals surface area contributed by atoms with Crippen LogP contribution in [0.3, 0.4) is 0 Å². The van der Waals surface area contributed by atoms with Crippen LogP contribution >= 0.6 is 0 Å². The van der Waals surface area contributed by atoms with Gasteiger partial charge in [0.25, 0.3) is 0 Å². The summed E-state index contributed by atoms with van der Waals surface area (Å²) in [6, 6.07) is 0.623. The first-order valence-electron chi connectivity index (χ1n) is 6.80. The molecule has 0 spiro atoms. The van der Waals surface area contributed by atoms with Gasteiger partial charge in [0.15, 0.2) is 0 Å². The minimum absolute atomic E-state index is 0.623. The molecular weight excluding hydrogens is 200 g/mol. The van der Waals surface area contributed by atoms with Gasteiger partial charge in [0.1, 0.15) is 0 Å². The van der Waals surface area contributed by atoms with Gasteiger partial charge in [-0.25, -0.2) is 0 Å². The van der Waals surface area contributed by atoms with Crippen molar-refractivity contribution in [2.45, 2.75) is 32.2 Å². The summed E-state index contributed by atoms with van der Waals surface area (Å²) < 4.78 is 5.49. The molecule has 16 heavy (non-hydrogen) atoms. The van der Waals surface area contributed by atoms with Gasteiger partial charge < -0.3 is 15.0 Å². The Labute approximate surface area is 99.5 Å². The van der Waals surface area contributed by atoms with Gasteiger partial charge in [0, 0.05) is 31.7 Å². The highest BCUT2D eigenvalue weighted by Gasteiger charge is 2.28. The van der Waals surface area contributed by atoms with Crippen molar-refractivity contribution >= 4 is 0 Å². The van der Waals surface area contributed by atoms with E-state index in [0.29, 0.717) is 6.04 Å². The highest BCUT2D eigenvalue weighted by molar-refractivity contribution is 4.84. The van der Waals surface area contributed by atoms with E-state index in [9.17, 15) is 0 Å². The second kappa shape index (κ2) is 5.99. The number of nitrogens with one attached hydrogen (secondary N) is 1. The number of likely N-dealkylation sites (N-methyl/N-ethyl adjacent to an activating group) is 1. The third kappa shape index (κ3) is 2.96. The zero-order valence-electron chi connectivity index (χ0n) is 10.7. The molecule has 2 fully saturated rings. The molecule has 94 valence electrons. The fourth-order valence-electron chi connectivity index (χ4n) is 3.04. The van der Waals surface area contributed by atoms with Crippen LogP contribution in [0.4, 0.5) is 0 Å². The number of hydrogen-bond donors (Lipinski definition) is 1. The van der Waals surface area contributed by atoms with Gasteiger partial charge in [-0.3, -0.25) is 0 Å². The molecule has 3 atom stereocenters. The lowest BCUT2D eigenvalue weighted by atomic mass is 9.99. The molecule has 0 aromatic carbocycles. The van der Waals surface area contributed by atoms with Gasteiger partial charge in [-0.2, -0.15) is 0 Å². The molecule has 0 radical (unpaired) electrons. The molecule has 3 unspecified atom stereocenters. The van der Waals surface area contributed by atoms with E-state index in [1.807, 2.05) is 0 Å². The molecular formula is C13H26N2O. The van der Waals surface area contributed by atoms with Crippen molar-refractivity contribution in [1.82, 2.24) is 10.2 Å². The van der Waals surface area contributed by atoms with Gasteiger partial charge in [0.2, 0.25) is 0 Å². The summed E-state index contributed by atoms with van der Waals surface area (Å²) in [6.45, 7) is 8.04. The number of hydrogen-bond acceptors (Lipinski definition) is 3. The quantitative estimate of drug-likeness (QED) is 0.766. The van der Waals surface area contributed by atoms with E-state index in [0.717, 1.165) is 25.0 Å². The highest BCUT2D eigenvalue weighted by Crippen LogP contribution is 2.22. The summed E-state index contributed by atoms with van der Waals surface area (Å²) in [5.41, 5.74) is 0. The Morgan fingerprint density at radius 2 is 2.31 bits per heavy atom. The van der Waals surface area contributed by atoms with Crippen LogP contribution in [-0.2, 0) is 4.74 Å². The Morgan fingerprint density at radius 3 is 2.88 bits per heavy atom. The largest absolute Gasteiger partial charge is 0.381 e.